The van der Waals surface area contributed by atoms with Crippen LogP contribution in [0.3, 0.4) is 0 Å². The molecule has 13 heavy (non-hydrogen) atoms. The molecule has 0 saturated carbocycles. The zero-order valence-corrected chi connectivity index (χ0v) is 7.19. The molecule has 0 saturated heterocycles. The van der Waals surface area contributed by atoms with E-state index in [4.69, 9.17) is 11.6 Å². The number of hydrogen-bond acceptors (Lipinski definition) is 3. The molecule has 1 aromatic heterocycles. The Kier molecular flexibility index (Phi) is 3.13. The molecule has 0 amide bonds. The summed E-state index contributed by atoms with van der Waals surface area (Å²) in [5.41, 5.74) is 0. The number of aromatic nitrogens is 2. The Morgan fingerprint density at radius 2 is 2.08 bits per heavy atom. The molecule has 0 fully saturated rings. The lowest BCUT2D eigenvalue weighted by atomic mass is 10.3. The zero-order valence-electron chi connectivity index (χ0n) is 6.44. The summed E-state index contributed by atoms with van der Waals surface area (Å²) in [6, 6.07) is 0. The molecule has 0 spiro atoms. The van der Waals surface area contributed by atoms with Crippen LogP contribution in [0.15, 0.2) is 4.52 Å². The summed E-state index contributed by atoms with van der Waals surface area (Å²) >= 11 is 5.31. The Morgan fingerprint density at radius 3 is 2.54 bits per heavy atom. The first-order valence-electron chi connectivity index (χ1n) is 3.45. The van der Waals surface area contributed by atoms with Crippen LogP contribution in [0.4, 0.5) is 13.2 Å². The summed E-state index contributed by atoms with van der Waals surface area (Å²) < 4.78 is 39.7. The molecule has 7 heteroatoms. The van der Waals surface area contributed by atoms with Gasteiger partial charge in [-0.05, 0) is 0 Å². The van der Waals surface area contributed by atoms with Crippen LogP contribution >= 0.6 is 11.6 Å². The summed E-state index contributed by atoms with van der Waals surface area (Å²) in [6.07, 6.45) is -5.42. The maximum atomic E-state index is 11.7. The quantitative estimate of drug-likeness (QED) is 0.725. The van der Waals surface area contributed by atoms with E-state index in [-0.39, 0.29) is 24.0 Å². The average molecular weight is 215 g/mol. The minimum atomic E-state index is -4.19. The Morgan fingerprint density at radius 1 is 1.38 bits per heavy atom. The second-order valence-electron chi connectivity index (χ2n) is 2.35. The van der Waals surface area contributed by atoms with Gasteiger partial charge in [0.1, 0.15) is 5.88 Å². The molecule has 0 aromatic carbocycles. The van der Waals surface area contributed by atoms with Gasteiger partial charge in [0, 0.05) is 6.42 Å². The van der Waals surface area contributed by atoms with Crippen molar-refractivity contribution < 1.29 is 17.7 Å². The molecule has 1 aromatic rings. The number of halogens is 4. The number of alkyl halides is 4. The highest BCUT2D eigenvalue weighted by Gasteiger charge is 2.27. The van der Waals surface area contributed by atoms with E-state index in [2.05, 4.69) is 14.7 Å². The molecule has 0 atom stereocenters. The minimum absolute atomic E-state index is 0.0129. The van der Waals surface area contributed by atoms with Crippen LogP contribution < -0.4 is 0 Å². The van der Waals surface area contributed by atoms with Gasteiger partial charge in [-0.15, -0.1) is 11.6 Å². The monoisotopic (exact) mass is 214 g/mol. The van der Waals surface area contributed by atoms with Gasteiger partial charge >= 0.3 is 6.18 Å². The number of rotatable bonds is 3. The summed E-state index contributed by atoms with van der Waals surface area (Å²) in [5, 5.41) is 3.32. The minimum Gasteiger partial charge on any atom is -0.338 e. The Balaban J connectivity index is 2.46. The zero-order chi connectivity index (χ0) is 9.90. The standard InChI is InChI=1S/C6H6ClF3N2O/c7-3-5-11-4(12-13-5)1-2-6(8,9)10/h1-3H2. The van der Waals surface area contributed by atoms with Gasteiger partial charge in [-0.2, -0.15) is 18.2 Å². The van der Waals surface area contributed by atoms with Gasteiger partial charge in [-0.25, -0.2) is 0 Å². The first-order chi connectivity index (χ1) is 6.01. The van der Waals surface area contributed by atoms with Crippen LogP contribution in [0.25, 0.3) is 0 Å². The largest absolute Gasteiger partial charge is 0.389 e. The second kappa shape index (κ2) is 3.95. The Bertz CT molecular complexity index is 273. The molecule has 0 bridgehead atoms. The van der Waals surface area contributed by atoms with Crippen molar-refractivity contribution >= 4 is 11.6 Å². The van der Waals surface area contributed by atoms with Crippen LogP contribution in [-0.4, -0.2) is 16.3 Å². The fourth-order valence-electron chi connectivity index (χ4n) is 0.700. The first kappa shape index (κ1) is 10.3. The van der Waals surface area contributed by atoms with Crippen LogP contribution in [0, 0.1) is 0 Å². The van der Waals surface area contributed by atoms with E-state index >= 15 is 0 Å². The topological polar surface area (TPSA) is 38.9 Å². The third kappa shape index (κ3) is 3.63. The third-order valence-corrected chi connectivity index (χ3v) is 1.49. The summed E-state index contributed by atoms with van der Waals surface area (Å²) in [7, 11) is 0. The SMILES string of the molecule is FC(F)(F)CCc1noc(CCl)n1. The van der Waals surface area contributed by atoms with Crippen LogP contribution in [0.2, 0.25) is 0 Å². The van der Waals surface area contributed by atoms with Gasteiger partial charge in [0.05, 0.1) is 6.42 Å². The smallest absolute Gasteiger partial charge is 0.338 e. The summed E-state index contributed by atoms with van der Waals surface area (Å²) in [5.74, 6) is 0.186. The van der Waals surface area contributed by atoms with Crippen molar-refractivity contribution in [1.82, 2.24) is 10.1 Å². The van der Waals surface area contributed by atoms with Crippen molar-refractivity contribution in [2.75, 3.05) is 0 Å². The normalized spacial score (nSPS) is 12.0. The number of hydrogen-bond donors (Lipinski definition) is 0. The lowest BCUT2D eigenvalue weighted by molar-refractivity contribution is -0.134. The molecule has 0 aliphatic heterocycles. The fourth-order valence-corrected chi connectivity index (χ4v) is 0.808. The van der Waals surface area contributed by atoms with Gasteiger partial charge in [-0.1, -0.05) is 5.16 Å². The predicted molar refractivity (Wildman–Crippen MR) is 38.2 cm³/mol. The van der Waals surface area contributed by atoms with Crippen LogP contribution in [-0.2, 0) is 12.3 Å². The van der Waals surface area contributed by atoms with Gasteiger partial charge in [0.2, 0.25) is 5.89 Å². The van der Waals surface area contributed by atoms with Crippen molar-refractivity contribution in [3.63, 3.8) is 0 Å². The summed E-state index contributed by atoms with van der Waals surface area (Å²) in [4.78, 5) is 3.62. The first-order valence-corrected chi connectivity index (χ1v) is 3.99. The second-order valence-corrected chi connectivity index (χ2v) is 2.62. The number of aryl methyl sites for hydroxylation is 1. The van der Waals surface area contributed by atoms with Crippen LogP contribution in [0.1, 0.15) is 18.1 Å². The van der Waals surface area contributed by atoms with E-state index in [1.54, 1.807) is 0 Å². The summed E-state index contributed by atoms with van der Waals surface area (Å²) in [6.45, 7) is 0. The van der Waals surface area contributed by atoms with E-state index in [1.165, 1.54) is 0 Å². The molecule has 0 N–H and O–H groups in total. The Labute approximate surface area is 76.9 Å². The van der Waals surface area contributed by atoms with E-state index < -0.39 is 12.6 Å². The maximum absolute atomic E-state index is 11.7. The van der Waals surface area contributed by atoms with Crippen molar-refractivity contribution in [2.45, 2.75) is 24.9 Å². The third-order valence-electron chi connectivity index (χ3n) is 1.26. The van der Waals surface area contributed by atoms with E-state index in [0.717, 1.165) is 0 Å². The maximum Gasteiger partial charge on any atom is 0.389 e. The van der Waals surface area contributed by atoms with Gasteiger partial charge in [0.25, 0.3) is 0 Å². The molecule has 1 rings (SSSR count). The van der Waals surface area contributed by atoms with Crippen molar-refractivity contribution in [3.05, 3.63) is 11.7 Å². The molecule has 1 heterocycles. The molecule has 74 valence electrons. The molecule has 0 aliphatic carbocycles. The van der Waals surface area contributed by atoms with Gasteiger partial charge in [0.15, 0.2) is 5.82 Å². The lowest BCUT2D eigenvalue weighted by Gasteiger charge is -2.01. The number of nitrogens with zero attached hydrogens (tertiary/aromatic N) is 2. The van der Waals surface area contributed by atoms with E-state index in [0.29, 0.717) is 0 Å². The van der Waals surface area contributed by atoms with Crippen LogP contribution in [0.5, 0.6) is 0 Å². The predicted octanol–water partition coefficient (Wildman–Crippen LogP) is 2.30. The van der Waals surface area contributed by atoms with E-state index in [9.17, 15) is 13.2 Å². The highest BCUT2D eigenvalue weighted by atomic mass is 35.5. The van der Waals surface area contributed by atoms with Crippen molar-refractivity contribution in [3.8, 4) is 0 Å². The fraction of sp³-hybridized carbons (Fsp3) is 0.667. The molecule has 0 radical (unpaired) electrons. The molecule has 3 nitrogen and oxygen atoms in total. The molecule has 0 unspecified atom stereocenters. The van der Waals surface area contributed by atoms with Gasteiger partial charge < -0.3 is 4.52 Å². The highest BCUT2D eigenvalue weighted by molar-refractivity contribution is 6.16. The Hall–Kier alpha value is -0.780. The lowest BCUT2D eigenvalue weighted by Crippen LogP contribution is -2.09. The molecular weight excluding hydrogens is 209 g/mol. The van der Waals surface area contributed by atoms with Gasteiger partial charge in [-0.3, -0.25) is 0 Å². The van der Waals surface area contributed by atoms with E-state index in [1.807, 2.05) is 0 Å². The molecule has 0 aliphatic rings. The highest BCUT2D eigenvalue weighted by Crippen LogP contribution is 2.21. The van der Waals surface area contributed by atoms with Crippen molar-refractivity contribution in [1.29, 1.82) is 0 Å². The average Bonchev–Trinajstić information content (AvgIpc) is 2.47. The molecular formula is C6H6ClF3N2O. The van der Waals surface area contributed by atoms with Crippen molar-refractivity contribution in [2.24, 2.45) is 0 Å².